The summed E-state index contributed by atoms with van der Waals surface area (Å²) in [5, 5.41) is 13.5. The molecule has 0 aromatic heterocycles. The third kappa shape index (κ3) is 5.68. The molecule has 2 amide bonds. The number of piperidine rings is 1. The fourth-order valence-corrected chi connectivity index (χ4v) is 3.30. The van der Waals surface area contributed by atoms with Gasteiger partial charge in [0.25, 0.3) is 0 Å². The van der Waals surface area contributed by atoms with E-state index in [-0.39, 0.29) is 18.2 Å². The van der Waals surface area contributed by atoms with E-state index in [2.05, 4.69) is 11.9 Å². The van der Waals surface area contributed by atoms with E-state index < -0.39 is 5.60 Å². The highest BCUT2D eigenvalue weighted by Gasteiger charge is 2.35. The molecule has 1 fully saturated rings. The van der Waals surface area contributed by atoms with Crippen LogP contribution in [0.1, 0.15) is 24.8 Å². The Morgan fingerprint density at radius 1 is 1.10 bits per heavy atom. The number of aryl methyl sites for hydroxylation is 1. The minimum Gasteiger partial charge on any atom is -0.457 e. The molecule has 2 N–H and O–H groups in total. The van der Waals surface area contributed by atoms with Crippen molar-refractivity contribution in [1.82, 2.24) is 4.90 Å². The van der Waals surface area contributed by atoms with Crippen LogP contribution in [0, 0.1) is 6.92 Å². The second-order valence-electron chi connectivity index (χ2n) is 7.42. The van der Waals surface area contributed by atoms with Gasteiger partial charge in [0.2, 0.25) is 11.8 Å². The standard InChI is InChI=1S/C23H26N2O4/c1-3-22(27)25-14-12-23(28,13-15-25)16-21(26)24-18-6-10-20(11-7-18)29-19-8-4-17(2)5-9-19/h3-11,28H,1,12-16H2,2H3,(H,24,26). The van der Waals surface area contributed by atoms with Crippen LogP contribution in [-0.2, 0) is 9.59 Å². The number of ether oxygens (including phenoxy) is 1. The normalized spacial score (nSPS) is 15.4. The zero-order valence-electron chi connectivity index (χ0n) is 16.6. The molecule has 0 saturated carbocycles. The zero-order chi connectivity index (χ0) is 20.9. The molecule has 1 aliphatic heterocycles. The summed E-state index contributed by atoms with van der Waals surface area (Å²) in [5.74, 6) is 1.01. The molecule has 6 heteroatoms. The number of likely N-dealkylation sites (tertiary alicyclic amines) is 1. The summed E-state index contributed by atoms with van der Waals surface area (Å²) in [7, 11) is 0. The molecule has 152 valence electrons. The minimum atomic E-state index is -1.10. The van der Waals surface area contributed by atoms with Crippen LogP contribution in [0.4, 0.5) is 5.69 Å². The maximum atomic E-state index is 12.4. The number of nitrogens with one attached hydrogen (secondary N) is 1. The van der Waals surface area contributed by atoms with Crippen LogP contribution in [0.2, 0.25) is 0 Å². The molecule has 3 rings (SSSR count). The molecule has 0 unspecified atom stereocenters. The Balaban J connectivity index is 1.51. The summed E-state index contributed by atoms with van der Waals surface area (Å²) < 4.78 is 5.78. The fraction of sp³-hybridized carbons (Fsp3) is 0.304. The van der Waals surface area contributed by atoms with Gasteiger partial charge in [-0.15, -0.1) is 0 Å². The monoisotopic (exact) mass is 394 g/mol. The molecule has 2 aromatic rings. The summed E-state index contributed by atoms with van der Waals surface area (Å²) in [6.45, 7) is 6.32. The Kier molecular flexibility index (Phi) is 6.34. The number of hydrogen-bond donors (Lipinski definition) is 2. The second-order valence-corrected chi connectivity index (χ2v) is 7.42. The Hall–Kier alpha value is -3.12. The van der Waals surface area contributed by atoms with Gasteiger partial charge in [0.05, 0.1) is 12.0 Å². The molecule has 0 spiro atoms. The van der Waals surface area contributed by atoms with Crippen LogP contribution in [0.3, 0.4) is 0 Å². The van der Waals surface area contributed by atoms with E-state index in [1.807, 2.05) is 31.2 Å². The number of aliphatic hydroxyl groups is 1. The summed E-state index contributed by atoms with van der Waals surface area (Å²) >= 11 is 0. The van der Waals surface area contributed by atoms with Gasteiger partial charge in [-0.25, -0.2) is 0 Å². The molecule has 0 bridgehead atoms. The minimum absolute atomic E-state index is 0.00919. The summed E-state index contributed by atoms with van der Waals surface area (Å²) in [6, 6.07) is 14.8. The lowest BCUT2D eigenvalue weighted by atomic mass is 9.88. The van der Waals surface area contributed by atoms with E-state index in [4.69, 9.17) is 4.74 Å². The first-order valence-corrected chi connectivity index (χ1v) is 9.65. The molecule has 1 saturated heterocycles. The van der Waals surface area contributed by atoms with Gasteiger partial charge >= 0.3 is 0 Å². The van der Waals surface area contributed by atoms with Gasteiger partial charge in [0.1, 0.15) is 11.5 Å². The predicted octanol–water partition coefficient (Wildman–Crippen LogP) is 3.66. The number of amides is 2. The lowest BCUT2D eigenvalue weighted by Gasteiger charge is -2.37. The molecule has 1 heterocycles. The zero-order valence-corrected chi connectivity index (χ0v) is 16.6. The SMILES string of the molecule is C=CC(=O)N1CCC(O)(CC(=O)Nc2ccc(Oc3ccc(C)cc3)cc2)CC1. The average molecular weight is 394 g/mol. The van der Waals surface area contributed by atoms with Crippen LogP contribution >= 0.6 is 0 Å². The number of rotatable bonds is 6. The predicted molar refractivity (Wildman–Crippen MR) is 112 cm³/mol. The quantitative estimate of drug-likeness (QED) is 0.733. The van der Waals surface area contributed by atoms with E-state index in [9.17, 15) is 14.7 Å². The Bertz CT molecular complexity index is 867. The molecular weight excluding hydrogens is 368 g/mol. The Morgan fingerprint density at radius 3 is 2.21 bits per heavy atom. The smallest absolute Gasteiger partial charge is 0.245 e. The molecule has 2 aromatic carbocycles. The van der Waals surface area contributed by atoms with E-state index in [0.717, 1.165) is 11.3 Å². The number of carbonyl (C=O) groups excluding carboxylic acids is 2. The molecule has 0 radical (unpaired) electrons. The van der Waals surface area contributed by atoms with Gasteiger partial charge in [-0.3, -0.25) is 9.59 Å². The number of nitrogens with zero attached hydrogens (tertiary/aromatic N) is 1. The van der Waals surface area contributed by atoms with Crippen molar-refractivity contribution in [2.45, 2.75) is 31.8 Å². The Morgan fingerprint density at radius 2 is 1.66 bits per heavy atom. The number of benzene rings is 2. The third-order valence-corrected chi connectivity index (χ3v) is 5.06. The van der Waals surface area contributed by atoms with Gasteiger partial charge < -0.3 is 20.1 Å². The molecule has 0 atom stereocenters. The van der Waals surface area contributed by atoms with Crippen LogP contribution in [0.15, 0.2) is 61.2 Å². The maximum absolute atomic E-state index is 12.4. The highest BCUT2D eigenvalue weighted by Crippen LogP contribution is 2.27. The Labute approximate surface area is 170 Å². The van der Waals surface area contributed by atoms with Crippen LogP contribution < -0.4 is 10.1 Å². The van der Waals surface area contributed by atoms with E-state index in [0.29, 0.717) is 37.4 Å². The molecule has 29 heavy (non-hydrogen) atoms. The number of anilines is 1. The maximum Gasteiger partial charge on any atom is 0.245 e. The first kappa shape index (κ1) is 20.6. The van der Waals surface area contributed by atoms with Gasteiger partial charge in [0, 0.05) is 18.8 Å². The van der Waals surface area contributed by atoms with Crippen LogP contribution in [-0.4, -0.2) is 40.5 Å². The van der Waals surface area contributed by atoms with Crippen molar-refractivity contribution in [3.8, 4) is 11.5 Å². The van der Waals surface area contributed by atoms with Crippen LogP contribution in [0.25, 0.3) is 0 Å². The second kappa shape index (κ2) is 8.92. The lowest BCUT2D eigenvalue weighted by Crippen LogP contribution is -2.47. The van der Waals surface area contributed by atoms with Crippen molar-refractivity contribution in [2.24, 2.45) is 0 Å². The molecule has 0 aliphatic carbocycles. The lowest BCUT2D eigenvalue weighted by molar-refractivity contribution is -0.132. The first-order valence-electron chi connectivity index (χ1n) is 9.65. The van der Waals surface area contributed by atoms with Crippen molar-refractivity contribution in [2.75, 3.05) is 18.4 Å². The van der Waals surface area contributed by atoms with Crippen molar-refractivity contribution in [1.29, 1.82) is 0 Å². The topological polar surface area (TPSA) is 78.9 Å². The molecular formula is C23H26N2O4. The van der Waals surface area contributed by atoms with E-state index in [1.54, 1.807) is 29.2 Å². The van der Waals surface area contributed by atoms with Crippen molar-refractivity contribution in [3.05, 3.63) is 66.7 Å². The highest BCUT2D eigenvalue weighted by atomic mass is 16.5. The van der Waals surface area contributed by atoms with Crippen molar-refractivity contribution < 1.29 is 19.4 Å². The van der Waals surface area contributed by atoms with Gasteiger partial charge in [-0.1, -0.05) is 24.3 Å². The van der Waals surface area contributed by atoms with Crippen LogP contribution in [0.5, 0.6) is 11.5 Å². The third-order valence-electron chi connectivity index (χ3n) is 5.06. The molecule has 6 nitrogen and oxygen atoms in total. The van der Waals surface area contributed by atoms with Crippen molar-refractivity contribution >= 4 is 17.5 Å². The van der Waals surface area contributed by atoms with E-state index >= 15 is 0 Å². The summed E-state index contributed by atoms with van der Waals surface area (Å²) in [6.07, 6.45) is 1.99. The first-order chi connectivity index (χ1) is 13.9. The average Bonchev–Trinajstić information content (AvgIpc) is 2.71. The van der Waals surface area contributed by atoms with Gasteiger partial charge in [0.15, 0.2) is 0 Å². The van der Waals surface area contributed by atoms with Gasteiger partial charge in [-0.05, 0) is 62.2 Å². The number of carbonyl (C=O) groups is 2. The molecule has 1 aliphatic rings. The van der Waals surface area contributed by atoms with Gasteiger partial charge in [-0.2, -0.15) is 0 Å². The number of hydrogen-bond acceptors (Lipinski definition) is 4. The highest BCUT2D eigenvalue weighted by molar-refractivity contribution is 5.91. The fourth-order valence-electron chi connectivity index (χ4n) is 3.30. The largest absolute Gasteiger partial charge is 0.457 e. The van der Waals surface area contributed by atoms with E-state index in [1.165, 1.54) is 6.08 Å². The summed E-state index contributed by atoms with van der Waals surface area (Å²) in [5.41, 5.74) is 0.695. The summed E-state index contributed by atoms with van der Waals surface area (Å²) in [4.78, 5) is 25.6. The van der Waals surface area contributed by atoms with Crippen molar-refractivity contribution in [3.63, 3.8) is 0 Å².